The summed E-state index contributed by atoms with van der Waals surface area (Å²) >= 11 is 0. The van der Waals surface area contributed by atoms with Gasteiger partial charge in [-0.2, -0.15) is 0 Å². The van der Waals surface area contributed by atoms with E-state index in [1.54, 1.807) is 0 Å². The zero-order valence-corrected chi connectivity index (χ0v) is 54.3. The largest absolute Gasteiger partial charge is 0.462 e. The van der Waals surface area contributed by atoms with E-state index in [0.717, 1.165) is 96.3 Å². The van der Waals surface area contributed by atoms with Gasteiger partial charge in [-0.1, -0.05) is 358 Å². The monoisotopic (exact) mass is 1130 g/mol. The Morgan fingerprint density at radius 1 is 0.259 bits per heavy atom. The standard InChI is InChI=1S/C75H136O6/c1-4-7-10-13-15-17-19-21-23-25-27-29-31-33-35-36-37-38-40-41-43-45-47-49-51-53-55-57-59-62-65-68-74(77)80-71-72(70-79-73(76)67-64-61-12-9-6-3)81-75(78)69-66-63-60-58-56-54-52-50-48-46-44-42-39-34-32-30-28-26-24-22-20-18-16-14-11-8-5-2/h8,11,16,18,22,24,28,30,34,39,72H,4-7,9-10,12-15,17,19-21,23,25-27,29,31-33,35-38,40-71H2,1-3H3/b11-8-,18-16-,24-22-,30-28-,39-34-. The molecule has 0 aromatic rings. The highest BCUT2D eigenvalue weighted by Crippen LogP contribution is 2.19. The Hall–Kier alpha value is -2.89. The van der Waals surface area contributed by atoms with Crippen molar-refractivity contribution < 1.29 is 28.6 Å². The average molecular weight is 1130 g/mol. The maximum atomic E-state index is 12.9. The molecule has 0 aliphatic heterocycles. The predicted molar refractivity (Wildman–Crippen MR) is 353 cm³/mol. The van der Waals surface area contributed by atoms with Crippen LogP contribution in [0.3, 0.4) is 0 Å². The summed E-state index contributed by atoms with van der Waals surface area (Å²) in [5.41, 5.74) is 0. The van der Waals surface area contributed by atoms with E-state index in [2.05, 4.69) is 81.5 Å². The summed E-state index contributed by atoms with van der Waals surface area (Å²) in [6, 6.07) is 0. The summed E-state index contributed by atoms with van der Waals surface area (Å²) in [7, 11) is 0. The molecule has 1 unspecified atom stereocenters. The van der Waals surface area contributed by atoms with Crippen LogP contribution in [0.25, 0.3) is 0 Å². The maximum Gasteiger partial charge on any atom is 0.306 e. The molecule has 0 rings (SSSR count). The van der Waals surface area contributed by atoms with Gasteiger partial charge in [0.15, 0.2) is 6.10 Å². The average Bonchev–Trinajstić information content (AvgIpc) is 3.47. The van der Waals surface area contributed by atoms with Gasteiger partial charge < -0.3 is 14.2 Å². The number of rotatable bonds is 66. The molecule has 81 heavy (non-hydrogen) atoms. The van der Waals surface area contributed by atoms with Crippen LogP contribution in [-0.2, 0) is 28.6 Å². The van der Waals surface area contributed by atoms with E-state index in [9.17, 15) is 14.4 Å². The second-order valence-corrected chi connectivity index (χ2v) is 24.1. The Morgan fingerprint density at radius 2 is 0.481 bits per heavy atom. The zero-order valence-electron chi connectivity index (χ0n) is 54.3. The molecule has 0 N–H and O–H groups in total. The molecule has 0 amide bonds. The topological polar surface area (TPSA) is 78.9 Å². The van der Waals surface area contributed by atoms with Gasteiger partial charge in [0.1, 0.15) is 13.2 Å². The van der Waals surface area contributed by atoms with Gasteiger partial charge in [0.05, 0.1) is 0 Å². The molecule has 0 radical (unpaired) electrons. The van der Waals surface area contributed by atoms with E-state index < -0.39 is 6.10 Å². The van der Waals surface area contributed by atoms with Crippen molar-refractivity contribution in [2.75, 3.05) is 13.2 Å². The van der Waals surface area contributed by atoms with Crippen LogP contribution in [-0.4, -0.2) is 37.2 Å². The lowest BCUT2D eigenvalue weighted by molar-refractivity contribution is -0.167. The van der Waals surface area contributed by atoms with E-state index in [-0.39, 0.29) is 31.1 Å². The Bertz CT molecular complexity index is 1440. The highest BCUT2D eigenvalue weighted by Gasteiger charge is 2.19. The third kappa shape index (κ3) is 67.8. The van der Waals surface area contributed by atoms with Gasteiger partial charge in [0.25, 0.3) is 0 Å². The van der Waals surface area contributed by atoms with Crippen molar-refractivity contribution in [2.24, 2.45) is 0 Å². The van der Waals surface area contributed by atoms with Crippen LogP contribution in [0, 0.1) is 0 Å². The van der Waals surface area contributed by atoms with Crippen molar-refractivity contribution in [1.29, 1.82) is 0 Å². The Balaban J connectivity index is 3.93. The van der Waals surface area contributed by atoms with Crippen LogP contribution in [0.5, 0.6) is 0 Å². The van der Waals surface area contributed by atoms with Crippen LogP contribution in [0.2, 0.25) is 0 Å². The van der Waals surface area contributed by atoms with Gasteiger partial charge in [-0.05, 0) is 64.2 Å². The lowest BCUT2D eigenvalue weighted by Crippen LogP contribution is -2.30. The van der Waals surface area contributed by atoms with Crippen LogP contribution >= 0.6 is 0 Å². The number of allylic oxidation sites excluding steroid dienone is 10. The molecule has 472 valence electrons. The van der Waals surface area contributed by atoms with Crippen LogP contribution in [0.4, 0.5) is 0 Å². The summed E-state index contributed by atoms with van der Waals surface area (Å²) in [5, 5.41) is 0. The van der Waals surface area contributed by atoms with E-state index in [1.165, 1.54) is 244 Å². The molecule has 0 aliphatic carbocycles. The summed E-state index contributed by atoms with van der Waals surface area (Å²) in [6.45, 7) is 6.50. The molecule has 0 saturated heterocycles. The second-order valence-electron chi connectivity index (χ2n) is 24.1. The van der Waals surface area contributed by atoms with Crippen LogP contribution in [0.1, 0.15) is 380 Å². The molecule has 6 heteroatoms. The quantitative estimate of drug-likeness (QED) is 0.0261. The number of unbranched alkanes of at least 4 members (excludes halogenated alkanes) is 45. The molecule has 0 saturated carbocycles. The molecule has 1 atom stereocenters. The minimum atomic E-state index is -0.771. The molecular weight excluding hydrogens is 997 g/mol. The minimum absolute atomic E-state index is 0.0712. The van der Waals surface area contributed by atoms with Crippen LogP contribution in [0.15, 0.2) is 60.8 Å². The normalized spacial score (nSPS) is 12.4. The predicted octanol–water partition coefficient (Wildman–Crippen LogP) is 24.7. The number of carbonyl (C=O) groups is 3. The third-order valence-electron chi connectivity index (χ3n) is 16.0. The molecule has 0 aromatic heterocycles. The fourth-order valence-corrected chi connectivity index (χ4v) is 10.7. The molecule has 0 aromatic carbocycles. The summed E-state index contributed by atoms with van der Waals surface area (Å²) < 4.78 is 16.8. The number of ether oxygens (including phenoxy) is 3. The Kier molecular flexibility index (Phi) is 67.1. The lowest BCUT2D eigenvalue weighted by Gasteiger charge is -2.18. The molecule has 0 spiro atoms. The second kappa shape index (κ2) is 69.6. The zero-order chi connectivity index (χ0) is 58.5. The van der Waals surface area contributed by atoms with Crippen molar-refractivity contribution in [3.8, 4) is 0 Å². The summed E-state index contributed by atoms with van der Waals surface area (Å²) in [6.07, 6.45) is 90.3. The van der Waals surface area contributed by atoms with Gasteiger partial charge >= 0.3 is 17.9 Å². The number of carbonyl (C=O) groups excluding carboxylic acids is 3. The van der Waals surface area contributed by atoms with Crippen molar-refractivity contribution in [3.63, 3.8) is 0 Å². The van der Waals surface area contributed by atoms with Gasteiger partial charge in [-0.15, -0.1) is 0 Å². The fourth-order valence-electron chi connectivity index (χ4n) is 10.7. The SMILES string of the molecule is CC/C=C\C/C=C\C/C=C\C/C=C\C/C=C\CCCCCCCCCCCCCC(=O)OC(COC(=O)CCCCCCC)COC(=O)CCCCCCCCCCCCCCCCCCCCCCCCCCCCCCCCC. The fraction of sp³-hybridized carbons (Fsp3) is 0.827. The van der Waals surface area contributed by atoms with Gasteiger partial charge in [-0.25, -0.2) is 0 Å². The van der Waals surface area contributed by atoms with Crippen molar-refractivity contribution in [2.45, 2.75) is 386 Å². The third-order valence-corrected chi connectivity index (χ3v) is 16.0. The maximum absolute atomic E-state index is 12.9. The number of hydrogen-bond donors (Lipinski definition) is 0. The smallest absolute Gasteiger partial charge is 0.306 e. The number of esters is 3. The lowest BCUT2D eigenvalue weighted by atomic mass is 10.0. The first-order valence-corrected chi connectivity index (χ1v) is 35.8. The van der Waals surface area contributed by atoms with Gasteiger partial charge in [0, 0.05) is 19.3 Å². The molecular formula is C75H136O6. The highest BCUT2D eigenvalue weighted by atomic mass is 16.6. The molecule has 0 fully saturated rings. The van der Waals surface area contributed by atoms with E-state index in [0.29, 0.717) is 19.3 Å². The Labute approximate surface area is 504 Å². The van der Waals surface area contributed by atoms with Gasteiger partial charge in [-0.3, -0.25) is 14.4 Å². The molecule has 0 aliphatic rings. The van der Waals surface area contributed by atoms with Crippen molar-refractivity contribution >= 4 is 17.9 Å². The van der Waals surface area contributed by atoms with E-state index in [1.807, 2.05) is 0 Å². The van der Waals surface area contributed by atoms with Gasteiger partial charge in [0.2, 0.25) is 0 Å². The first kappa shape index (κ1) is 78.1. The Morgan fingerprint density at radius 3 is 0.753 bits per heavy atom. The number of hydrogen-bond acceptors (Lipinski definition) is 6. The van der Waals surface area contributed by atoms with Crippen LogP contribution < -0.4 is 0 Å². The van der Waals surface area contributed by atoms with Crippen molar-refractivity contribution in [1.82, 2.24) is 0 Å². The van der Waals surface area contributed by atoms with E-state index >= 15 is 0 Å². The highest BCUT2D eigenvalue weighted by molar-refractivity contribution is 5.71. The summed E-state index contributed by atoms with van der Waals surface area (Å²) in [5.74, 6) is -0.868. The molecule has 0 heterocycles. The van der Waals surface area contributed by atoms with Crippen molar-refractivity contribution in [3.05, 3.63) is 60.8 Å². The molecule has 6 nitrogen and oxygen atoms in total. The first-order chi connectivity index (χ1) is 40.0. The summed E-state index contributed by atoms with van der Waals surface area (Å²) in [4.78, 5) is 38.0. The van der Waals surface area contributed by atoms with E-state index in [4.69, 9.17) is 14.2 Å². The first-order valence-electron chi connectivity index (χ1n) is 35.8. The minimum Gasteiger partial charge on any atom is -0.462 e. The molecule has 0 bridgehead atoms.